The molecule has 0 aliphatic carbocycles. The van der Waals surface area contributed by atoms with Gasteiger partial charge in [-0.3, -0.25) is 9.59 Å². The smallest absolute Gasteiger partial charge is 0.261 e. The third-order valence-electron chi connectivity index (χ3n) is 5.40. The number of methoxy groups -OCH3 is 1. The summed E-state index contributed by atoms with van der Waals surface area (Å²) in [4.78, 5) is 27.7. The van der Waals surface area contributed by atoms with Crippen molar-refractivity contribution in [2.45, 2.75) is 59.0 Å². The van der Waals surface area contributed by atoms with Crippen molar-refractivity contribution in [2.75, 3.05) is 20.3 Å². The molecule has 1 atom stereocenters. The fraction of sp³-hybridized carbons (Fsp3) is 0.462. The molecule has 0 bridgehead atoms. The number of rotatable bonds is 13. The molecule has 0 heterocycles. The lowest BCUT2D eigenvalue weighted by molar-refractivity contribution is -0.143. The Bertz CT molecular complexity index is 851. The number of benzene rings is 2. The van der Waals surface area contributed by atoms with Gasteiger partial charge in [-0.1, -0.05) is 51.5 Å². The van der Waals surface area contributed by atoms with E-state index in [1.165, 1.54) is 5.56 Å². The lowest BCUT2D eigenvalue weighted by Gasteiger charge is -2.30. The molecular formula is C26H36N2O4. The van der Waals surface area contributed by atoms with Crippen LogP contribution < -0.4 is 14.8 Å². The number of aryl methyl sites for hydroxylation is 1. The lowest BCUT2D eigenvalue weighted by atomic mass is 10.1. The number of hydrogen-bond donors (Lipinski definition) is 1. The van der Waals surface area contributed by atoms with E-state index in [0.29, 0.717) is 31.0 Å². The molecule has 0 saturated heterocycles. The maximum atomic E-state index is 13.2. The predicted molar refractivity (Wildman–Crippen MR) is 127 cm³/mol. The molecular weight excluding hydrogens is 404 g/mol. The highest BCUT2D eigenvalue weighted by atomic mass is 16.5. The summed E-state index contributed by atoms with van der Waals surface area (Å²) in [6.07, 6.45) is 3.36. The number of nitrogens with one attached hydrogen (secondary N) is 1. The zero-order valence-electron chi connectivity index (χ0n) is 19.7. The molecule has 2 aromatic rings. The molecule has 0 radical (unpaired) electrons. The number of nitrogens with zero attached hydrogens (tertiary/aromatic N) is 1. The van der Waals surface area contributed by atoms with Gasteiger partial charge in [0.2, 0.25) is 5.91 Å². The van der Waals surface area contributed by atoms with Crippen LogP contribution >= 0.6 is 0 Å². The van der Waals surface area contributed by atoms with Gasteiger partial charge in [0.15, 0.2) is 6.61 Å². The van der Waals surface area contributed by atoms with Crippen molar-refractivity contribution < 1.29 is 19.1 Å². The highest BCUT2D eigenvalue weighted by molar-refractivity contribution is 5.88. The van der Waals surface area contributed by atoms with Crippen LogP contribution in [-0.2, 0) is 22.6 Å². The normalized spacial score (nSPS) is 11.5. The minimum Gasteiger partial charge on any atom is -0.497 e. The highest BCUT2D eigenvalue weighted by Gasteiger charge is 2.28. The van der Waals surface area contributed by atoms with E-state index in [1.807, 2.05) is 55.5 Å². The van der Waals surface area contributed by atoms with Crippen molar-refractivity contribution in [3.63, 3.8) is 0 Å². The summed E-state index contributed by atoms with van der Waals surface area (Å²) in [5, 5.41) is 2.97. The van der Waals surface area contributed by atoms with Gasteiger partial charge in [-0.2, -0.15) is 0 Å². The summed E-state index contributed by atoms with van der Waals surface area (Å²) < 4.78 is 11.1. The van der Waals surface area contributed by atoms with Crippen molar-refractivity contribution in [2.24, 2.45) is 0 Å². The van der Waals surface area contributed by atoms with E-state index >= 15 is 0 Å². The molecule has 32 heavy (non-hydrogen) atoms. The van der Waals surface area contributed by atoms with Crippen LogP contribution in [0.25, 0.3) is 0 Å². The second-order valence-electron chi connectivity index (χ2n) is 7.73. The highest BCUT2D eigenvalue weighted by Crippen LogP contribution is 2.18. The van der Waals surface area contributed by atoms with Gasteiger partial charge in [0.05, 0.1) is 7.11 Å². The quantitative estimate of drug-likeness (QED) is 0.470. The second kappa shape index (κ2) is 13.4. The van der Waals surface area contributed by atoms with E-state index in [0.717, 1.165) is 24.8 Å². The van der Waals surface area contributed by atoms with E-state index in [2.05, 4.69) is 19.2 Å². The van der Waals surface area contributed by atoms with E-state index in [9.17, 15) is 9.59 Å². The Morgan fingerprint density at radius 1 is 1.00 bits per heavy atom. The standard InChI is InChI=1S/C26H36N2O4/c1-5-8-16-27-26(30)24(7-3)28(18-21-10-9-11-23(17-21)31-4)25(29)19-32-22-14-12-20(6-2)13-15-22/h9-15,17,24H,5-8,16,18-19H2,1-4H3,(H,27,30)/t24-/m0/s1. The molecule has 0 aliphatic heterocycles. The van der Waals surface area contributed by atoms with Crippen molar-refractivity contribution in [3.05, 3.63) is 59.7 Å². The Kier molecular flexibility index (Phi) is 10.6. The first-order chi connectivity index (χ1) is 15.5. The number of unbranched alkanes of at least 4 members (excludes halogenated alkanes) is 1. The number of carbonyl (C=O) groups excluding carboxylic acids is 2. The number of hydrogen-bond acceptors (Lipinski definition) is 4. The minimum absolute atomic E-state index is 0.131. The van der Waals surface area contributed by atoms with Gasteiger partial charge in [-0.25, -0.2) is 0 Å². The lowest BCUT2D eigenvalue weighted by Crippen LogP contribution is -2.50. The van der Waals surface area contributed by atoms with E-state index in [1.54, 1.807) is 12.0 Å². The molecule has 0 fully saturated rings. The van der Waals surface area contributed by atoms with Gasteiger partial charge in [0, 0.05) is 13.1 Å². The maximum absolute atomic E-state index is 13.2. The van der Waals surface area contributed by atoms with E-state index < -0.39 is 6.04 Å². The third-order valence-corrected chi connectivity index (χ3v) is 5.40. The maximum Gasteiger partial charge on any atom is 0.261 e. The largest absolute Gasteiger partial charge is 0.497 e. The average molecular weight is 441 g/mol. The Labute approximate surface area is 191 Å². The van der Waals surface area contributed by atoms with Crippen molar-refractivity contribution in [3.8, 4) is 11.5 Å². The topological polar surface area (TPSA) is 67.9 Å². The number of carbonyl (C=O) groups is 2. The molecule has 0 spiro atoms. The van der Waals surface area contributed by atoms with Gasteiger partial charge in [0.1, 0.15) is 17.5 Å². The molecule has 1 N–H and O–H groups in total. The third kappa shape index (κ3) is 7.59. The molecule has 0 unspecified atom stereocenters. The Balaban J connectivity index is 2.17. The molecule has 0 saturated carbocycles. The molecule has 0 aromatic heterocycles. The van der Waals surface area contributed by atoms with Gasteiger partial charge in [-0.05, 0) is 54.7 Å². The molecule has 2 rings (SSSR count). The first-order valence-electron chi connectivity index (χ1n) is 11.4. The van der Waals surface area contributed by atoms with Crippen LogP contribution in [0, 0.1) is 0 Å². The van der Waals surface area contributed by atoms with E-state index in [-0.39, 0.29) is 18.4 Å². The Morgan fingerprint density at radius 3 is 2.38 bits per heavy atom. The first kappa shape index (κ1) is 25.2. The zero-order valence-corrected chi connectivity index (χ0v) is 19.7. The van der Waals surface area contributed by atoms with Gasteiger partial charge >= 0.3 is 0 Å². The van der Waals surface area contributed by atoms with Crippen molar-refractivity contribution >= 4 is 11.8 Å². The zero-order chi connectivity index (χ0) is 23.3. The van der Waals surface area contributed by atoms with Gasteiger partial charge in [0.25, 0.3) is 5.91 Å². The fourth-order valence-electron chi connectivity index (χ4n) is 3.44. The molecule has 2 amide bonds. The number of amides is 2. The van der Waals surface area contributed by atoms with Crippen LogP contribution in [0.4, 0.5) is 0 Å². The molecule has 2 aromatic carbocycles. The SMILES string of the molecule is CCCCNC(=O)[C@H](CC)N(Cc1cccc(OC)c1)C(=O)COc1ccc(CC)cc1. The summed E-state index contributed by atoms with van der Waals surface area (Å²) in [6, 6.07) is 14.7. The Morgan fingerprint density at radius 2 is 1.75 bits per heavy atom. The molecule has 6 heteroatoms. The first-order valence-corrected chi connectivity index (χ1v) is 11.4. The van der Waals surface area contributed by atoms with Crippen LogP contribution in [0.2, 0.25) is 0 Å². The van der Waals surface area contributed by atoms with Crippen LogP contribution in [0.1, 0.15) is 51.2 Å². The summed E-state index contributed by atoms with van der Waals surface area (Å²) in [6.45, 7) is 6.86. The van der Waals surface area contributed by atoms with E-state index in [4.69, 9.17) is 9.47 Å². The summed E-state index contributed by atoms with van der Waals surface area (Å²) >= 11 is 0. The summed E-state index contributed by atoms with van der Waals surface area (Å²) in [5.41, 5.74) is 2.10. The monoisotopic (exact) mass is 440 g/mol. The number of ether oxygens (including phenoxy) is 2. The van der Waals surface area contributed by atoms with Crippen molar-refractivity contribution in [1.29, 1.82) is 0 Å². The van der Waals surface area contributed by atoms with Crippen LogP contribution in [-0.4, -0.2) is 43.0 Å². The van der Waals surface area contributed by atoms with Crippen LogP contribution in [0.3, 0.4) is 0 Å². The molecule has 6 nitrogen and oxygen atoms in total. The summed E-state index contributed by atoms with van der Waals surface area (Å²) in [7, 11) is 1.61. The molecule has 174 valence electrons. The minimum atomic E-state index is -0.573. The molecule has 0 aliphatic rings. The average Bonchev–Trinajstić information content (AvgIpc) is 2.83. The predicted octanol–water partition coefficient (Wildman–Crippen LogP) is 4.36. The Hall–Kier alpha value is -3.02. The summed E-state index contributed by atoms with van der Waals surface area (Å²) in [5.74, 6) is 0.981. The van der Waals surface area contributed by atoms with Crippen LogP contribution in [0.15, 0.2) is 48.5 Å². The fourth-order valence-corrected chi connectivity index (χ4v) is 3.44. The van der Waals surface area contributed by atoms with Crippen molar-refractivity contribution in [1.82, 2.24) is 10.2 Å². The van der Waals surface area contributed by atoms with Gasteiger partial charge in [-0.15, -0.1) is 0 Å². The second-order valence-corrected chi connectivity index (χ2v) is 7.73. The van der Waals surface area contributed by atoms with Gasteiger partial charge < -0.3 is 19.7 Å². The van der Waals surface area contributed by atoms with Crippen LogP contribution in [0.5, 0.6) is 11.5 Å².